The van der Waals surface area contributed by atoms with Gasteiger partial charge in [0.15, 0.2) is 0 Å². The molecule has 200 valence electrons. The van der Waals surface area contributed by atoms with Crippen molar-refractivity contribution in [3.05, 3.63) is 92.3 Å². The molecule has 2 saturated carbocycles. The number of fused-ring (bicyclic) bond motifs is 2. The van der Waals surface area contributed by atoms with E-state index in [4.69, 9.17) is 37.2 Å². The lowest BCUT2D eigenvalue weighted by Gasteiger charge is -2.28. The molecule has 7 rings (SSSR count). The van der Waals surface area contributed by atoms with Crippen LogP contribution in [0.4, 0.5) is 4.39 Å². The summed E-state index contributed by atoms with van der Waals surface area (Å²) in [5, 5.41) is 17.5. The first kappa shape index (κ1) is 24.7. The maximum Gasteiger partial charge on any atom is 0.335 e. The van der Waals surface area contributed by atoms with Crippen molar-refractivity contribution in [1.82, 2.24) is 10.5 Å². The van der Waals surface area contributed by atoms with Crippen LogP contribution in [-0.2, 0) is 17.8 Å². The van der Waals surface area contributed by atoms with Gasteiger partial charge in [-0.15, -0.1) is 0 Å². The van der Waals surface area contributed by atoms with E-state index < -0.39 is 18.0 Å². The molecule has 2 aliphatic heterocycles. The maximum absolute atomic E-state index is 13.8. The molecule has 2 aliphatic carbocycles. The Morgan fingerprint density at radius 1 is 1.21 bits per heavy atom. The van der Waals surface area contributed by atoms with Crippen molar-refractivity contribution in [2.45, 2.75) is 50.9 Å². The highest BCUT2D eigenvalue weighted by molar-refractivity contribution is 6.39. The summed E-state index contributed by atoms with van der Waals surface area (Å²) in [4.78, 5) is 11.5. The van der Waals surface area contributed by atoms with E-state index in [1.54, 1.807) is 12.1 Å². The Morgan fingerprint density at radius 2 is 1.97 bits per heavy atom. The molecule has 10 heteroatoms. The van der Waals surface area contributed by atoms with E-state index in [0.717, 1.165) is 54.7 Å². The van der Waals surface area contributed by atoms with E-state index >= 15 is 0 Å². The van der Waals surface area contributed by atoms with E-state index in [9.17, 15) is 14.3 Å². The van der Waals surface area contributed by atoms with Crippen molar-refractivity contribution >= 4 is 29.2 Å². The zero-order valence-corrected chi connectivity index (χ0v) is 22.1. The molecular formula is C29H23Cl2FN2O5. The van der Waals surface area contributed by atoms with Crippen LogP contribution in [0.2, 0.25) is 10.0 Å². The first-order chi connectivity index (χ1) is 18.8. The number of benzene rings is 2. The number of allylic oxidation sites excluding steroid dienone is 2. The van der Waals surface area contributed by atoms with Crippen LogP contribution in [0, 0.1) is 11.2 Å². The smallest absolute Gasteiger partial charge is 0.335 e. The molecular weight excluding hydrogens is 546 g/mol. The Labute approximate surface area is 233 Å². The number of rotatable bonds is 6. The summed E-state index contributed by atoms with van der Waals surface area (Å²) >= 11 is 12.7. The van der Waals surface area contributed by atoms with Crippen molar-refractivity contribution in [2.75, 3.05) is 0 Å². The lowest BCUT2D eigenvalue weighted by Crippen LogP contribution is -2.37. The Morgan fingerprint density at radius 3 is 2.67 bits per heavy atom. The third kappa shape index (κ3) is 4.40. The molecule has 2 N–H and O–H groups in total. The summed E-state index contributed by atoms with van der Waals surface area (Å²) in [6.45, 7) is 0.176. The summed E-state index contributed by atoms with van der Waals surface area (Å²) in [6.07, 6.45) is 8.01. The van der Waals surface area contributed by atoms with Crippen LogP contribution in [0.3, 0.4) is 0 Å². The molecule has 39 heavy (non-hydrogen) atoms. The summed E-state index contributed by atoms with van der Waals surface area (Å²) in [6, 6.07) is 7.45. The molecule has 1 atom stereocenters. The van der Waals surface area contributed by atoms with Crippen LogP contribution < -0.4 is 10.1 Å². The third-order valence-electron chi connectivity index (χ3n) is 7.82. The Bertz CT molecular complexity index is 1570. The number of nitrogens with one attached hydrogen (secondary N) is 1. The lowest BCUT2D eigenvalue weighted by atomic mass is 9.91. The van der Waals surface area contributed by atoms with Gasteiger partial charge in [0.05, 0.1) is 27.9 Å². The summed E-state index contributed by atoms with van der Waals surface area (Å²) in [5.74, 6) is 0.706. The highest BCUT2D eigenvalue weighted by Gasteiger charge is 2.50. The fourth-order valence-corrected chi connectivity index (χ4v) is 6.10. The molecule has 1 aromatic heterocycles. The van der Waals surface area contributed by atoms with E-state index in [1.165, 1.54) is 12.1 Å². The fraction of sp³-hybridized carbons (Fsp3) is 0.310. The number of nitrogens with zero attached hydrogens (tertiary/aromatic N) is 1. The minimum absolute atomic E-state index is 0.103. The van der Waals surface area contributed by atoms with E-state index in [-0.39, 0.29) is 33.5 Å². The van der Waals surface area contributed by atoms with Gasteiger partial charge in [0.2, 0.25) is 0 Å². The average Bonchev–Trinajstić information content (AvgIpc) is 3.83. The van der Waals surface area contributed by atoms with Gasteiger partial charge in [-0.05, 0) is 74.1 Å². The highest BCUT2D eigenvalue weighted by Crippen LogP contribution is 2.57. The number of hydrogen-bond donors (Lipinski definition) is 2. The van der Waals surface area contributed by atoms with Crippen LogP contribution in [0.25, 0.3) is 11.3 Å². The highest BCUT2D eigenvalue weighted by atomic mass is 35.5. The van der Waals surface area contributed by atoms with Crippen LogP contribution in [0.5, 0.6) is 5.75 Å². The Balaban J connectivity index is 1.15. The number of dihydropyridines is 1. The first-order valence-corrected chi connectivity index (χ1v) is 13.6. The molecule has 2 aromatic carbocycles. The Kier molecular flexibility index (Phi) is 5.77. The van der Waals surface area contributed by atoms with Gasteiger partial charge >= 0.3 is 5.97 Å². The van der Waals surface area contributed by atoms with Gasteiger partial charge in [-0.1, -0.05) is 34.4 Å². The van der Waals surface area contributed by atoms with Crippen molar-refractivity contribution in [1.29, 1.82) is 0 Å². The monoisotopic (exact) mass is 568 g/mol. The molecule has 2 fully saturated rings. The molecule has 3 heterocycles. The summed E-state index contributed by atoms with van der Waals surface area (Å²) in [7, 11) is 0. The molecule has 0 saturated heterocycles. The zero-order valence-electron chi connectivity index (χ0n) is 20.6. The van der Waals surface area contributed by atoms with Crippen LogP contribution in [0.15, 0.2) is 58.5 Å². The van der Waals surface area contributed by atoms with Crippen molar-refractivity contribution < 1.29 is 28.3 Å². The van der Waals surface area contributed by atoms with E-state index in [0.29, 0.717) is 22.8 Å². The average molecular weight is 569 g/mol. The van der Waals surface area contributed by atoms with E-state index in [1.807, 2.05) is 18.2 Å². The second-order valence-corrected chi connectivity index (χ2v) is 11.4. The van der Waals surface area contributed by atoms with Crippen molar-refractivity contribution in [3.8, 4) is 17.0 Å². The first-order valence-electron chi connectivity index (χ1n) is 12.8. The van der Waals surface area contributed by atoms with Gasteiger partial charge in [0.25, 0.3) is 0 Å². The molecule has 3 aromatic rings. The molecule has 1 unspecified atom stereocenters. The molecule has 4 aliphatic rings. The number of halogens is 3. The molecule has 0 radical (unpaired) electrons. The second-order valence-electron chi connectivity index (χ2n) is 10.6. The predicted molar refractivity (Wildman–Crippen MR) is 141 cm³/mol. The summed E-state index contributed by atoms with van der Waals surface area (Å²) in [5.41, 5.74) is 3.64. The van der Waals surface area contributed by atoms with Gasteiger partial charge in [-0.25, -0.2) is 9.18 Å². The van der Waals surface area contributed by atoms with Gasteiger partial charge < -0.3 is 24.4 Å². The third-order valence-corrected chi connectivity index (χ3v) is 8.42. The van der Waals surface area contributed by atoms with Crippen molar-refractivity contribution in [3.63, 3.8) is 0 Å². The zero-order chi connectivity index (χ0) is 26.9. The van der Waals surface area contributed by atoms with Crippen LogP contribution in [0.1, 0.15) is 58.8 Å². The number of hydrogen-bond acceptors (Lipinski definition) is 6. The molecule has 1 spiro atoms. The second kappa shape index (κ2) is 9.11. The molecule has 7 nitrogen and oxygen atoms in total. The normalized spacial score (nSPS) is 20.6. The molecule has 0 amide bonds. The van der Waals surface area contributed by atoms with Crippen LogP contribution >= 0.6 is 23.2 Å². The van der Waals surface area contributed by atoms with Gasteiger partial charge in [-0.2, -0.15) is 0 Å². The summed E-state index contributed by atoms with van der Waals surface area (Å²) < 4.78 is 32.1. The standard InChI is InChI=1S/C29H23Cl2FN2O5/c30-19-10-17(32)11-20(31)24(19)25-18(26(39-34-25)14-1-2-14)13-37-23-6-5-21-27(33-23)29(7-8-29)12-16-4-3-15(28(35)36)9-22(16)38-21/h3-6,9-11,14,23,33H,1-2,7-8,12-13H2,(H,35,36). The lowest BCUT2D eigenvalue weighted by molar-refractivity contribution is 0.0505. The number of carboxylic acids is 1. The van der Waals surface area contributed by atoms with E-state index in [2.05, 4.69) is 10.5 Å². The minimum atomic E-state index is -0.992. The van der Waals surface area contributed by atoms with Crippen LogP contribution in [-0.4, -0.2) is 22.5 Å². The van der Waals surface area contributed by atoms with Gasteiger partial charge in [0, 0.05) is 22.5 Å². The SMILES string of the molecule is O=C(O)c1ccc2c(c1)OC1=C(NC(OCc3c(-c4c(Cl)cc(F)cc4Cl)noc3C3CC3)C=C1)C1(CC1)C2. The van der Waals surface area contributed by atoms with Crippen molar-refractivity contribution in [2.24, 2.45) is 5.41 Å². The number of carboxylic acid groups (broad SMARTS) is 1. The molecule has 0 bridgehead atoms. The van der Waals surface area contributed by atoms with Gasteiger partial charge in [0.1, 0.15) is 35.0 Å². The number of ether oxygens (including phenoxy) is 2. The minimum Gasteiger partial charge on any atom is -0.478 e. The topological polar surface area (TPSA) is 93.8 Å². The quantitative estimate of drug-likeness (QED) is 0.331. The number of carbonyl (C=O) groups is 1. The number of aromatic carboxylic acids is 1. The Hall–Kier alpha value is -3.33. The largest absolute Gasteiger partial charge is 0.478 e. The fourth-order valence-electron chi connectivity index (χ4n) is 5.46. The van der Waals surface area contributed by atoms with Gasteiger partial charge in [-0.3, -0.25) is 0 Å². The number of aromatic nitrogens is 1. The predicted octanol–water partition coefficient (Wildman–Crippen LogP) is 6.99. The maximum atomic E-state index is 13.8.